The van der Waals surface area contributed by atoms with Crippen molar-refractivity contribution >= 4 is 0 Å². The van der Waals surface area contributed by atoms with Crippen molar-refractivity contribution in [2.75, 3.05) is 6.54 Å². The molecule has 0 saturated heterocycles. The van der Waals surface area contributed by atoms with Crippen LogP contribution in [-0.2, 0) is 0 Å². The predicted octanol–water partition coefficient (Wildman–Crippen LogP) is 2.65. The average Bonchev–Trinajstić information content (AvgIpc) is 2.96. The molecule has 0 aromatic carbocycles. The van der Waals surface area contributed by atoms with Gasteiger partial charge in [-0.15, -0.1) is 0 Å². The minimum Gasteiger partial charge on any atom is -0.330 e. The molecule has 4 aliphatic carbocycles. The maximum Gasteiger partial charge on any atom is -0.00460 e. The minimum atomic E-state index is 0.671. The summed E-state index contributed by atoms with van der Waals surface area (Å²) in [6, 6.07) is 0. The van der Waals surface area contributed by atoms with Crippen molar-refractivity contribution in [2.45, 2.75) is 39.5 Å². The second-order valence-electron chi connectivity index (χ2n) is 6.50. The van der Waals surface area contributed by atoms with Gasteiger partial charge in [0.05, 0.1) is 0 Å². The molecule has 3 unspecified atom stereocenters. The highest BCUT2D eigenvalue weighted by molar-refractivity contribution is 5.08. The molecule has 2 bridgehead atoms. The molecule has 0 radical (unpaired) electrons. The smallest absolute Gasteiger partial charge is 0.00460 e. The summed E-state index contributed by atoms with van der Waals surface area (Å²) in [5.74, 6) is 5.06. The van der Waals surface area contributed by atoms with E-state index in [2.05, 4.69) is 13.8 Å². The molecule has 0 aliphatic heterocycles. The van der Waals surface area contributed by atoms with E-state index in [1.165, 1.54) is 25.7 Å². The van der Waals surface area contributed by atoms with Crippen LogP contribution in [-0.4, -0.2) is 6.54 Å². The zero-order chi connectivity index (χ0) is 9.92. The Morgan fingerprint density at radius 3 is 2.43 bits per heavy atom. The summed E-state index contributed by atoms with van der Waals surface area (Å²) in [7, 11) is 0. The van der Waals surface area contributed by atoms with Crippen LogP contribution in [0.3, 0.4) is 0 Å². The van der Waals surface area contributed by atoms with Crippen LogP contribution in [0.5, 0.6) is 0 Å². The normalized spacial score (nSPS) is 53.8. The van der Waals surface area contributed by atoms with E-state index in [0.717, 1.165) is 36.1 Å². The zero-order valence-electron chi connectivity index (χ0n) is 9.50. The molecule has 4 rings (SSSR count). The van der Waals surface area contributed by atoms with Crippen LogP contribution in [0.1, 0.15) is 39.5 Å². The Morgan fingerprint density at radius 1 is 1.14 bits per heavy atom. The van der Waals surface area contributed by atoms with Crippen molar-refractivity contribution in [2.24, 2.45) is 40.7 Å². The molecule has 0 aromatic heterocycles. The molecule has 0 spiro atoms. The summed E-state index contributed by atoms with van der Waals surface area (Å²) < 4.78 is 0. The molecule has 0 heterocycles. The number of fused-ring (bicyclic) bond motifs is 2. The largest absolute Gasteiger partial charge is 0.330 e. The van der Waals surface area contributed by atoms with E-state index in [1.807, 2.05) is 0 Å². The lowest BCUT2D eigenvalue weighted by Gasteiger charge is -2.60. The minimum absolute atomic E-state index is 0.671. The molecular formula is C13H23N. The third kappa shape index (κ3) is 1.05. The van der Waals surface area contributed by atoms with Crippen LogP contribution < -0.4 is 5.73 Å². The Balaban J connectivity index is 1.71. The van der Waals surface area contributed by atoms with Gasteiger partial charge >= 0.3 is 0 Å². The Kier molecular flexibility index (Phi) is 1.81. The zero-order valence-corrected chi connectivity index (χ0v) is 9.50. The topological polar surface area (TPSA) is 26.0 Å². The van der Waals surface area contributed by atoms with Gasteiger partial charge in [0.15, 0.2) is 0 Å². The second-order valence-corrected chi connectivity index (χ2v) is 6.50. The van der Waals surface area contributed by atoms with Gasteiger partial charge < -0.3 is 5.73 Å². The van der Waals surface area contributed by atoms with Crippen molar-refractivity contribution in [1.29, 1.82) is 0 Å². The molecule has 4 fully saturated rings. The molecule has 14 heavy (non-hydrogen) atoms. The lowest BCUT2D eigenvalue weighted by Crippen LogP contribution is -2.53. The van der Waals surface area contributed by atoms with E-state index in [1.54, 1.807) is 0 Å². The summed E-state index contributed by atoms with van der Waals surface area (Å²) in [5, 5.41) is 0. The van der Waals surface area contributed by atoms with Gasteiger partial charge in [0.1, 0.15) is 0 Å². The van der Waals surface area contributed by atoms with Gasteiger partial charge in [-0.3, -0.25) is 0 Å². The maximum atomic E-state index is 5.76. The first kappa shape index (κ1) is 9.21. The van der Waals surface area contributed by atoms with Crippen LogP contribution in [0.15, 0.2) is 0 Å². The third-order valence-corrected chi connectivity index (χ3v) is 5.74. The van der Waals surface area contributed by atoms with Crippen molar-refractivity contribution in [3.8, 4) is 0 Å². The van der Waals surface area contributed by atoms with Crippen LogP contribution >= 0.6 is 0 Å². The third-order valence-electron chi connectivity index (χ3n) is 5.74. The Labute approximate surface area is 87.4 Å². The number of nitrogens with two attached hydrogens (primary N) is 1. The highest BCUT2D eigenvalue weighted by atomic mass is 14.7. The monoisotopic (exact) mass is 193 g/mol. The molecule has 80 valence electrons. The molecule has 2 N–H and O–H groups in total. The van der Waals surface area contributed by atoms with Gasteiger partial charge in [-0.1, -0.05) is 13.8 Å². The first-order valence-corrected chi connectivity index (χ1v) is 6.34. The summed E-state index contributed by atoms with van der Waals surface area (Å²) in [4.78, 5) is 0. The van der Waals surface area contributed by atoms with E-state index in [9.17, 15) is 0 Å². The Bertz CT molecular complexity index is 244. The average molecular weight is 193 g/mol. The molecule has 1 nitrogen and oxygen atoms in total. The SMILES string of the molecule is CC1(C)C2CCC([C@@H]3C[C@H]3CN)C1C2. The summed E-state index contributed by atoms with van der Waals surface area (Å²) in [5.41, 5.74) is 6.43. The summed E-state index contributed by atoms with van der Waals surface area (Å²) in [6.45, 7) is 5.94. The number of hydrogen-bond acceptors (Lipinski definition) is 1. The molecule has 0 amide bonds. The van der Waals surface area contributed by atoms with E-state index >= 15 is 0 Å². The predicted molar refractivity (Wildman–Crippen MR) is 58.8 cm³/mol. The fourth-order valence-electron chi connectivity index (χ4n) is 4.45. The maximum absolute atomic E-state index is 5.76. The van der Waals surface area contributed by atoms with Crippen molar-refractivity contribution < 1.29 is 0 Å². The highest BCUT2D eigenvalue weighted by Gasteiger charge is 2.58. The van der Waals surface area contributed by atoms with E-state index < -0.39 is 0 Å². The van der Waals surface area contributed by atoms with E-state index in [4.69, 9.17) is 5.73 Å². The number of hydrogen-bond donors (Lipinski definition) is 1. The molecule has 0 aromatic rings. The standard InChI is InChI=1S/C13H23N/c1-13(2)9-3-4-10(12(13)6-9)11-5-8(11)7-14/h8-12H,3-7,14H2,1-2H3/t8-,9?,10?,11+,12?/m0/s1. The Morgan fingerprint density at radius 2 is 1.93 bits per heavy atom. The van der Waals surface area contributed by atoms with Gasteiger partial charge in [-0.05, 0) is 67.2 Å². The second kappa shape index (κ2) is 2.75. The Hall–Kier alpha value is -0.0400. The van der Waals surface area contributed by atoms with Crippen LogP contribution in [0.25, 0.3) is 0 Å². The quantitative estimate of drug-likeness (QED) is 0.717. The lowest BCUT2D eigenvalue weighted by atomic mass is 9.45. The fourth-order valence-corrected chi connectivity index (χ4v) is 4.45. The van der Waals surface area contributed by atoms with Gasteiger partial charge in [0.2, 0.25) is 0 Å². The summed E-state index contributed by atoms with van der Waals surface area (Å²) >= 11 is 0. The molecule has 5 atom stereocenters. The van der Waals surface area contributed by atoms with Crippen molar-refractivity contribution in [3.05, 3.63) is 0 Å². The van der Waals surface area contributed by atoms with Crippen molar-refractivity contribution in [1.82, 2.24) is 0 Å². The van der Waals surface area contributed by atoms with Gasteiger partial charge in [0, 0.05) is 0 Å². The van der Waals surface area contributed by atoms with Gasteiger partial charge in [-0.25, -0.2) is 0 Å². The first-order chi connectivity index (χ1) is 6.64. The van der Waals surface area contributed by atoms with Crippen LogP contribution in [0, 0.1) is 35.0 Å². The summed E-state index contributed by atoms with van der Waals surface area (Å²) in [6.07, 6.45) is 5.99. The fraction of sp³-hybridized carbons (Fsp3) is 1.00. The lowest BCUT2D eigenvalue weighted by molar-refractivity contribution is -0.112. The molecule has 1 heteroatoms. The highest BCUT2D eigenvalue weighted by Crippen LogP contribution is 2.66. The molecule has 4 aliphatic rings. The van der Waals surface area contributed by atoms with Crippen LogP contribution in [0.2, 0.25) is 0 Å². The van der Waals surface area contributed by atoms with Crippen molar-refractivity contribution in [3.63, 3.8) is 0 Å². The van der Waals surface area contributed by atoms with Gasteiger partial charge in [-0.2, -0.15) is 0 Å². The van der Waals surface area contributed by atoms with Crippen LogP contribution in [0.4, 0.5) is 0 Å². The van der Waals surface area contributed by atoms with E-state index in [0.29, 0.717) is 5.41 Å². The number of rotatable bonds is 2. The first-order valence-electron chi connectivity index (χ1n) is 6.34. The van der Waals surface area contributed by atoms with E-state index in [-0.39, 0.29) is 0 Å². The molecular weight excluding hydrogens is 170 g/mol. The van der Waals surface area contributed by atoms with Gasteiger partial charge in [0.25, 0.3) is 0 Å². The molecule has 4 saturated carbocycles.